The molecule has 7 heteroatoms. The minimum Gasteiger partial charge on any atom is -0.335 e. The third kappa shape index (κ3) is 4.62. The molecule has 2 amide bonds. The van der Waals surface area contributed by atoms with Crippen molar-refractivity contribution < 1.29 is 18.0 Å². The zero-order valence-electron chi connectivity index (χ0n) is 11.8. The van der Waals surface area contributed by atoms with E-state index in [9.17, 15) is 18.0 Å². The molecular weight excluding hydrogens is 301 g/mol. The van der Waals surface area contributed by atoms with Gasteiger partial charge in [-0.3, -0.25) is 0 Å². The Morgan fingerprint density at radius 1 is 1.48 bits per heavy atom. The van der Waals surface area contributed by atoms with Crippen molar-refractivity contribution in [3.63, 3.8) is 0 Å². The Labute approximate surface area is 126 Å². The number of amides is 2. The third-order valence-electron chi connectivity index (χ3n) is 3.81. The Hall–Kier alpha value is -1.24. The van der Waals surface area contributed by atoms with Crippen LogP contribution in [0.2, 0.25) is 0 Å². The minimum atomic E-state index is -4.16. The number of thiophene rings is 1. The molecule has 1 heterocycles. The summed E-state index contributed by atoms with van der Waals surface area (Å²) >= 11 is 1.55. The van der Waals surface area contributed by atoms with E-state index in [1.807, 2.05) is 16.8 Å². The van der Waals surface area contributed by atoms with Gasteiger partial charge in [0.1, 0.15) is 0 Å². The first kappa shape index (κ1) is 16.1. The van der Waals surface area contributed by atoms with Crippen molar-refractivity contribution in [2.75, 3.05) is 7.05 Å². The molecule has 3 nitrogen and oxygen atoms in total. The van der Waals surface area contributed by atoms with Crippen LogP contribution in [-0.4, -0.2) is 30.2 Å². The van der Waals surface area contributed by atoms with Crippen molar-refractivity contribution in [3.8, 4) is 0 Å². The van der Waals surface area contributed by atoms with Crippen LogP contribution in [-0.2, 0) is 6.54 Å². The van der Waals surface area contributed by atoms with E-state index in [1.54, 1.807) is 18.4 Å². The zero-order valence-corrected chi connectivity index (χ0v) is 12.6. The zero-order chi connectivity index (χ0) is 15.5. The maximum Gasteiger partial charge on any atom is 0.391 e. The van der Waals surface area contributed by atoms with Gasteiger partial charge in [-0.05, 0) is 41.7 Å². The number of halogens is 3. The summed E-state index contributed by atoms with van der Waals surface area (Å²) in [5.74, 6) is -1.29. The normalized spacial score (nSPS) is 22.9. The molecule has 0 radical (unpaired) electrons. The molecule has 0 unspecified atom stereocenters. The molecule has 1 fully saturated rings. The minimum absolute atomic E-state index is 0.0124. The molecule has 1 aliphatic carbocycles. The summed E-state index contributed by atoms with van der Waals surface area (Å²) in [5, 5.41) is 6.60. The molecule has 1 aromatic rings. The van der Waals surface area contributed by atoms with Crippen LogP contribution in [0, 0.1) is 5.92 Å². The highest BCUT2D eigenvalue weighted by Gasteiger charge is 2.42. The van der Waals surface area contributed by atoms with Crippen molar-refractivity contribution in [3.05, 3.63) is 22.4 Å². The Bertz CT molecular complexity index is 461. The van der Waals surface area contributed by atoms with E-state index in [0.29, 0.717) is 19.4 Å². The van der Waals surface area contributed by atoms with E-state index >= 15 is 0 Å². The van der Waals surface area contributed by atoms with Gasteiger partial charge < -0.3 is 10.2 Å². The largest absolute Gasteiger partial charge is 0.391 e. The van der Waals surface area contributed by atoms with Crippen LogP contribution in [0.5, 0.6) is 0 Å². The van der Waals surface area contributed by atoms with E-state index in [-0.39, 0.29) is 24.9 Å². The Morgan fingerprint density at radius 2 is 2.24 bits per heavy atom. The fourth-order valence-corrected chi connectivity index (χ4v) is 3.29. The van der Waals surface area contributed by atoms with Crippen LogP contribution in [0.15, 0.2) is 16.8 Å². The first-order valence-corrected chi connectivity index (χ1v) is 7.90. The summed E-state index contributed by atoms with van der Waals surface area (Å²) in [6.07, 6.45) is -2.89. The Balaban J connectivity index is 1.84. The van der Waals surface area contributed by atoms with Gasteiger partial charge in [0.15, 0.2) is 0 Å². The predicted octanol–water partition coefficient (Wildman–Crippen LogP) is 4.01. The van der Waals surface area contributed by atoms with Gasteiger partial charge in [-0.1, -0.05) is 6.42 Å². The lowest BCUT2D eigenvalue weighted by molar-refractivity contribution is -0.183. The van der Waals surface area contributed by atoms with Gasteiger partial charge in [-0.2, -0.15) is 24.5 Å². The predicted molar refractivity (Wildman–Crippen MR) is 76.1 cm³/mol. The molecule has 2 rings (SSSR count). The van der Waals surface area contributed by atoms with Crippen LogP contribution in [0.4, 0.5) is 18.0 Å². The number of carbonyl (C=O) groups is 1. The van der Waals surface area contributed by atoms with E-state index in [4.69, 9.17) is 0 Å². The number of rotatable bonds is 3. The van der Waals surface area contributed by atoms with Crippen LogP contribution in [0.1, 0.15) is 31.2 Å². The van der Waals surface area contributed by atoms with Crippen LogP contribution in [0.25, 0.3) is 0 Å². The van der Waals surface area contributed by atoms with Gasteiger partial charge >= 0.3 is 12.2 Å². The average molecular weight is 320 g/mol. The van der Waals surface area contributed by atoms with Gasteiger partial charge in [-0.15, -0.1) is 0 Å². The number of nitrogens with one attached hydrogen (secondary N) is 1. The van der Waals surface area contributed by atoms with Crippen molar-refractivity contribution >= 4 is 17.4 Å². The summed E-state index contributed by atoms with van der Waals surface area (Å²) in [6, 6.07) is 1.23. The second kappa shape index (κ2) is 6.68. The van der Waals surface area contributed by atoms with Crippen LogP contribution < -0.4 is 5.32 Å². The first-order chi connectivity index (χ1) is 9.86. The number of nitrogens with zero attached hydrogens (tertiary/aromatic N) is 1. The highest BCUT2D eigenvalue weighted by atomic mass is 32.1. The van der Waals surface area contributed by atoms with Gasteiger partial charge in [0.05, 0.1) is 5.92 Å². The number of alkyl halides is 3. The standard InChI is InChI=1S/C14H19F3N2OS/c1-19(8-10-5-6-21-9-10)13(20)18-12-4-2-3-11(7-12)14(15,16)17/h5-6,9,11-12H,2-4,7-8H2,1H3,(H,18,20)/t11-,12+/m0/s1. The molecule has 0 bridgehead atoms. The SMILES string of the molecule is CN(Cc1ccsc1)C(=O)N[C@@H]1CCC[C@H](C(F)(F)F)C1. The van der Waals surface area contributed by atoms with Gasteiger partial charge in [0, 0.05) is 19.6 Å². The van der Waals surface area contributed by atoms with Crippen LogP contribution in [0.3, 0.4) is 0 Å². The lowest BCUT2D eigenvalue weighted by atomic mass is 9.85. The molecule has 1 N–H and O–H groups in total. The summed E-state index contributed by atoms with van der Waals surface area (Å²) in [5.41, 5.74) is 1.02. The molecule has 118 valence electrons. The first-order valence-electron chi connectivity index (χ1n) is 6.95. The topological polar surface area (TPSA) is 32.3 Å². The smallest absolute Gasteiger partial charge is 0.335 e. The fourth-order valence-electron chi connectivity index (χ4n) is 2.63. The van der Waals surface area contributed by atoms with Crippen LogP contribution >= 0.6 is 11.3 Å². The summed E-state index contributed by atoms with van der Waals surface area (Å²) in [4.78, 5) is 13.5. The number of hydrogen-bond donors (Lipinski definition) is 1. The molecule has 1 aromatic heterocycles. The lowest BCUT2D eigenvalue weighted by Gasteiger charge is -2.32. The highest BCUT2D eigenvalue weighted by Crippen LogP contribution is 2.37. The maximum absolute atomic E-state index is 12.7. The van der Waals surface area contributed by atoms with Gasteiger partial charge in [0.2, 0.25) is 0 Å². The Morgan fingerprint density at radius 3 is 2.86 bits per heavy atom. The Kier molecular flexibility index (Phi) is 5.13. The lowest BCUT2D eigenvalue weighted by Crippen LogP contribution is -2.46. The van der Waals surface area contributed by atoms with Crippen molar-refractivity contribution in [1.82, 2.24) is 10.2 Å². The molecule has 21 heavy (non-hydrogen) atoms. The quantitative estimate of drug-likeness (QED) is 0.896. The summed E-state index contributed by atoms with van der Waals surface area (Å²) in [7, 11) is 1.65. The second-order valence-corrected chi connectivity index (χ2v) is 6.32. The van der Waals surface area contributed by atoms with Crippen molar-refractivity contribution in [1.29, 1.82) is 0 Å². The number of urea groups is 1. The maximum atomic E-state index is 12.7. The van der Waals surface area contributed by atoms with Gasteiger partial charge in [0.25, 0.3) is 0 Å². The molecule has 0 aliphatic heterocycles. The number of carbonyl (C=O) groups excluding carboxylic acids is 1. The van der Waals surface area contributed by atoms with Crippen molar-refractivity contribution in [2.24, 2.45) is 5.92 Å². The van der Waals surface area contributed by atoms with E-state index in [0.717, 1.165) is 5.56 Å². The molecular formula is C14H19F3N2OS. The highest BCUT2D eigenvalue weighted by molar-refractivity contribution is 7.07. The van der Waals surface area contributed by atoms with E-state index in [2.05, 4.69) is 5.32 Å². The molecule has 1 saturated carbocycles. The average Bonchev–Trinajstić information content (AvgIpc) is 2.91. The second-order valence-electron chi connectivity index (χ2n) is 5.54. The fraction of sp³-hybridized carbons (Fsp3) is 0.643. The number of hydrogen-bond acceptors (Lipinski definition) is 2. The molecule has 0 saturated heterocycles. The molecule has 1 aliphatic rings. The molecule has 0 aromatic carbocycles. The van der Waals surface area contributed by atoms with Crippen molar-refractivity contribution in [2.45, 2.75) is 44.4 Å². The molecule has 0 spiro atoms. The van der Waals surface area contributed by atoms with Gasteiger partial charge in [-0.25, -0.2) is 4.79 Å². The monoisotopic (exact) mass is 320 g/mol. The third-order valence-corrected chi connectivity index (χ3v) is 4.54. The molecule has 2 atom stereocenters. The van der Waals surface area contributed by atoms with E-state index < -0.39 is 12.1 Å². The summed E-state index contributed by atoms with van der Waals surface area (Å²) in [6.45, 7) is 0.463. The summed E-state index contributed by atoms with van der Waals surface area (Å²) < 4.78 is 38.2. The van der Waals surface area contributed by atoms with E-state index in [1.165, 1.54) is 4.90 Å².